The molecule has 0 bridgehead atoms. The third-order valence-corrected chi connectivity index (χ3v) is 5.73. The molecule has 0 spiro atoms. The molecule has 0 radical (unpaired) electrons. The summed E-state index contributed by atoms with van der Waals surface area (Å²) in [6, 6.07) is 14.8. The fourth-order valence-corrected chi connectivity index (χ4v) is 3.46. The van der Waals surface area contributed by atoms with Gasteiger partial charge in [0, 0.05) is 24.0 Å². The molecular weight excluding hydrogens is 424 g/mol. The molecule has 174 valence electrons. The number of carbonyl (C=O) groups excluding carboxylic acids is 2. The van der Waals surface area contributed by atoms with Gasteiger partial charge in [-0.1, -0.05) is 55.3 Å². The van der Waals surface area contributed by atoms with E-state index < -0.39 is 6.04 Å². The maximum Gasteiger partial charge on any atom is 0.243 e. The zero-order chi connectivity index (χ0) is 23.5. The van der Waals surface area contributed by atoms with Crippen molar-refractivity contribution in [2.45, 2.75) is 72.0 Å². The van der Waals surface area contributed by atoms with E-state index in [1.807, 2.05) is 64.1 Å². The van der Waals surface area contributed by atoms with E-state index in [-0.39, 0.29) is 17.9 Å². The number of nitrogens with one attached hydrogen (secondary N) is 1. The summed E-state index contributed by atoms with van der Waals surface area (Å²) in [6.07, 6.45) is 2.27. The van der Waals surface area contributed by atoms with Crippen LogP contribution in [0.25, 0.3) is 0 Å². The Balaban J connectivity index is 2.05. The minimum absolute atomic E-state index is 0.0568. The normalized spacial score (nSPS) is 12.7. The number of carbonyl (C=O) groups is 2. The van der Waals surface area contributed by atoms with E-state index >= 15 is 0 Å². The second kappa shape index (κ2) is 13.1. The molecule has 0 aliphatic carbocycles. The van der Waals surface area contributed by atoms with E-state index in [2.05, 4.69) is 5.32 Å². The maximum absolute atomic E-state index is 13.2. The van der Waals surface area contributed by atoms with Gasteiger partial charge in [-0.05, 0) is 62.9 Å². The van der Waals surface area contributed by atoms with Gasteiger partial charge in [0.1, 0.15) is 11.8 Å². The molecule has 32 heavy (non-hydrogen) atoms. The summed E-state index contributed by atoms with van der Waals surface area (Å²) in [7, 11) is 0. The van der Waals surface area contributed by atoms with Gasteiger partial charge in [-0.25, -0.2) is 0 Å². The Morgan fingerprint density at radius 3 is 2.28 bits per heavy atom. The van der Waals surface area contributed by atoms with Gasteiger partial charge in [0.25, 0.3) is 0 Å². The zero-order valence-electron chi connectivity index (χ0n) is 19.6. The van der Waals surface area contributed by atoms with Crippen LogP contribution in [0.4, 0.5) is 0 Å². The molecule has 2 aromatic carbocycles. The van der Waals surface area contributed by atoms with Gasteiger partial charge in [-0.3, -0.25) is 9.59 Å². The summed E-state index contributed by atoms with van der Waals surface area (Å²) in [6.45, 7) is 8.76. The zero-order valence-corrected chi connectivity index (χ0v) is 20.3. The van der Waals surface area contributed by atoms with Crippen LogP contribution < -0.4 is 10.1 Å². The van der Waals surface area contributed by atoms with Crippen LogP contribution in [0.3, 0.4) is 0 Å². The lowest BCUT2D eigenvalue weighted by Crippen LogP contribution is -2.50. The topological polar surface area (TPSA) is 58.6 Å². The summed E-state index contributed by atoms with van der Waals surface area (Å²) in [5.74, 6) is 0.624. The van der Waals surface area contributed by atoms with E-state index in [0.717, 1.165) is 17.7 Å². The third-order valence-electron chi connectivity index (χ3n) is 5.48. The van der Waals surface area contributed by atoms with Gasteiger partial charge in [0.15, 0.2) is 0 Å². The first-order chi connectivity index (χ1) is 15.3. The molecule has 1 N–H and O–H groups in total. The highest BCUT2D eigenvalue weighted by atomic mass is 35.5. The van der Waals surface area contributed by atoms with E-state index in [9.17, 15) is 9.59 Å². The lowest BCUT2D eigenvalue weighted by Gasteiger charge is -2.31. The molecule has 2 atom stereocenters. The number of hydrogen-bond acceptors (Lipinski definition) is 3. The van der Waals surface area contributed by atoms with Crippen molar-refractivity contribution in [3.05, 3.63) is 64.7 Å². The maximum atomic E-state index is 13.2. The van der Waals surface area contributed by atoms with Gasteiger partial charge in [-0.2, -0.15) is 0 Å². The van der Waals surface area contributed by atoms with Gasteiger partial charge in [0.2, 0.25) is 11.8 Å². The van der Waals surface area contributed by atoms with Crippen LogP contribution in [-0.2, 0) is 16.1 Å². The quantitative estimate of drug-likeness (QED) is 0.425. The number of ether oxygens (including phenoxy) is 1. The minimum atomic E-state index is -0.523. The first kappa shape index (κ1) is 25.7. The van der Waals surface area contributed by atoms with Crippen molar-refractivity contribution in [1.82, 2.24) is 10.2 Å². The Labute approximate surface area is 197 Å². The van der Waals surface area contributed by atoms with E-state index in [4.69, 9.17) is 16.3 Å². The van der Waals surface area contributed by atoms with Crippen LogP contribution in [0.15, 0.2) is 48.5 Å². The van der Waals surface area contributed by atoms with Crippen LogP contribution in [0.2, 0.25) is 5.02 Å². The Hall–Kier alpha value is -2.53. The molecule has 2 unspecified atom stereocenters. The highest BCUT2D eigenvalue weighted by molar-refractivity contribution is 6.30. The summed E-state index contributed by atoms with van der Waals surface area (Å²) < 4.78 is 5.76. The standard InChI is InChI=1S/C26H35ClN2O3/c1-5-20(4)28-26(31)24(6-2)29(18-21-11-13-22(27)14-12-21)25(30)8-7-17-32-23-15-9-19(3)10-16-23/h9-16,20,24H,5-8,17-18H2,1-4H3,(H,28,31). The number of halogens is 1. The number of rotatable bonds is 12. The average molecular weight is 459 g/mol. The molecule has 0 aromatic heterocycles. The molecule has 6 heteroatoms. The van der Waals surface area contributed by atoms with Gasteiger partial charge in [-0.15, -0.1) is 0 Å². The van der Waals surface area contributed by atoms with Crippen molar-refractivity contribution in [1.29, 1.82) is 0 Å². The second-order valence-electron chi connectivity index (χ2n) is 8.16. The molecule has 0 aliphatic heterocycles. The van der Waals surface area contributed by atoms with Crippen molar-refractivity contribution in [2.75, 3.05) is 6.61 Å². The van der Waals surface area contributed by atoms with Crippen molar-refractivity contribution >= 4 is 23.4 Å². The van der Waals surface area contributed by atoms with Gasteiger partial charge < -0.3 is 15.0 Å². The minimum Gasteiger partial charge on any atom is -0.494 e. The smallest absolute Gasteiger partial charge is 0.243 e. The molecule has 2 rings (SSSR count). The molecule has 2 aromatic rings. The predicted octanol–water partition coefficient (Wildman–Crippen LogP) is 5.53. The summed E-state index contributed by atoms with van der Waals surface area (Å²) in [4.78, 5) is 27.8. The van der Waals surface area contributed by atoms with Crippen molar-refractivity contribution in [3.8, 4) is 5.75 Å². The molecule has 2 amide bonds. The molecule has 0 saturated carbocycles. The average Bonchev–Trinajstić information content (AvgIpc) is 2.78. The Kier molecular flexibility index (Phi) is 10.5. The van der Waals surface area contributed by atoms with Crippen LogP contribution in [0.1, 0.15) is 57.6 Å². The van der Waals surface area contributed by atoms with Crippen LogP contribution >= 0.6 is 11.6 Å². The largest absolute Gasteiger partial charge is 0.494 e. The highest BCUT2D eigenvalue weighted by Crippen LogP contribution is 2.17. The summed E-state index contributed by atoms with van der Waals surface area (Å²) >= 11 is 6.01. The van der Waals surface area contributed by atoms with E-state index in [1.54, 1.807) is 17.0 Å². The Morgan fingerprint density at radius 1 is 1.03 bits per heavy atom. The lowest BCUT2D eigenvalue weighted by molar-refractivity contribution is -0.141. The molecule has 0 heterocycles. The number of aryl methyl sites for hydroxylation is 1. The highest BCUT2D eigenvalue weighted by Gasteiger charge is 2.28. The number of amides is 2. The van der Waals surface area contributed by atoms with Crippen molar-refractivity contribution < 1.29 is 14.3 Å². The Morgan fingerprint density at radius 2 is 1.69 bits per heavy atom. The van der Waals surface area contributed by atoms with Crippen LogP contribution in [-0.4, -0.2) is 35.4 Å². The van der Waals surface area contributed by atoms with Gasteiger partial charge in [0.05, 0.1) is 6.61 Å². The second-order valence-corrected chi connectivity index (χ2v) is 8.59. The summed E-state index contributed by atoms with van der Waals surface area (Å²) in [5.41, 5.74) is 2.11. The molecule has 0 saturated heterocycles. The summed E-state index contributed by atoms with van der Waals surface area (Å²) in [5, 5.41) is 3.67. The number of benzene rings is 2. The molecule has 0 fully saturated rings. The monoisotopic (exact) mass is 458 g/mol. The fraction of sp³-hybridized carbons (Fsp3) is 0.462. The van der Waals surface area contributed by atoms with Gasteiger partial charge >= 0.3 is 0 Å². The number of nitrogens with zero attached hydrogens (tertiary/aromatic N) is 1. The molecule has 5 nitrogen and oxygen atoms in total. The van der Waals surface area contributed by atoms with Crippen molar-refractivity contribution in [3.63, 3.8) is 0 Å². The SMILES string of the molecule is CCC(C)NC(=O)C(CC)N(Cc1ccc(Cl)cc1)C(=O)CCCOc1ccc(C)cc1. The fourth-order valence-electron chi connectivity index (χ4n) is 3.34. The first-order valence-corrected chi connectivity index (χ1v) is 11.8. The Bertz CT molecular complexity index is 852. The van der Waals surface area contributed by atoms with Crippen molar-refractivity contribution in [2.24, 2.45) is 0 Å². The van der Waals surface area contributed by atoms with Crippen LogP contribution in [0.5, 0.6) is 5.75 Å². The van der Waals surface area contributed by atoms with E-state index in [0.29, 0.717) is 37.4 Å². The third kappa shape index (κ3) is 8.19. The molecular formula is C26H35ClN2O3. The number of hydrogen-bond donors (Lipinski definition) is 1. The van der Waals surface area contributed by atoms with E-state index in [1.165, 1.54) is 5.56 Å². The predicted molar refractivity (Wildman–Crippen MR) is 130 cm³/mol. The van der Waals surface area contributed by atoms with Crippen LogP contribution in [0, 0.1) is 6.92 Å². The lowest BCUT2D eigenvalue weighted by atomic mass is 10.1. The first-order valence-electron chi connectivity index (χ1n) is 11.4. The molecule has 0 aliphatic rings.